The van der Waals surface area contributed by atoms with Crippen LogP contribution < -0.4 is 5.32 Å². The van der Waals surface area contributed by atoms with E-state index in [0.29, 0.717) is 25.8 Å². The molecule has 2 rings (SSSR count). The Morgan fingerprint density at radius 2 is 2.05 bits per heavy atom. The van der Waals surface area contributed by atoms with Gasteiger partial charge in [-0.05, 0) is 24.8 Å². The van der Waals surface area contributed by atoms with Crippen LogP contribution in [0.3, 0.4) is 0 Å². The lowest BCUT2D eigenvalue weighted by Crippen LogP contribution is -2.47. The highest BCUT2D eigenvalue weighted by Gasteiger charge is 2.28. The van der Waals surface area contributed by atoms with E-state index >= 15 is 0 Å². The first-order valence-corrected chi connectivity index (χ1v) is 7.06. The van der Waals surface area contributed by atoms with E-state index in [2.05, 4.69) is 5.32 Å². The van der Waals surface area contributed by atoms with E-state index in [-0.39, 0.29) is 6.54 Å². The van der Waals surface area contributed by atoms with Gasteiger partial charge in [0.15, 0.2) is 0 Å². The highest BCUT2D eigenvalue weighted by Crippen LogP contribution is 2.10. The van der Waals surface area contributed by atoms with E-state index in [1.54, 1.807) is 0 Å². The Kier molecular flexibility index (Phi) is 5.16. The molecule has 2 unspecified atom stereocenters. The minimum Gasteiger partial charge on any atom is -0.480 e. The number of aliphatic hydroxyl groups is 1. The summed E-state index contributed by atoms with van der Waals surface area (Å²) >= 11 is 0. The van der Waals surface area contributed by atoms with Crippen LogP contribution in [-0.2, 0) is 11.2 Å². The number of rotatable bonds is 5. The van der Waals surface area contributed by atoms with E-state index in [0.717, 1.165) is 5.56 Å². The number of carboxylic acid groups (broad SMARTS) is 1. The summed E-state index contributed by atoms with van der Waals surface area (Å²) in [5.41, 5.74) is 1.04. The number of β-amino-alcohol motifs (C(OH)–C–C–N with tert-alkyl or cyclic N) is 1. The van der Waals surface area contributed by atoms with Crippen LogP contribution >= 0.6 is 0 Å². The van der Waals surface area contributed by atoms with Gasteiger partial charge in [-0.3, -0.25) is 0 Å². The summed E-state index contributed by atoms with van der Waals surface area (Å²) in [5.74, 6) is -1.04. The van der Waals surface area contributed by atoms with Gasteiger partial charge in [0.2, 0.25) is 0 Å². The van der Waals surface area contributed by atoms with Gasteiger partial charge in [0.1, 0.15) is 6.04 Å². The molecule has 114 valence electrons. The first kappa shape index (κ1) is 15.3. The number of carboxylic acids is 1. The molecule has 1 aromatic rings. The summed E-state index contributed by atoms with van der Waals surface area (Å²) in [4.78, 5) is 24.7. The number of amides is 2. The molecule has 0 radical (unpaired) electrons. The quantitative estimate of drug-likeness (QED) is 0.750. The molecular formula is C15H20N2O4. The molecule has 1 saturated heterocycles. The van der Waals surface area contributed by atoms with Crippen LogP contribution in [0.4, 0.5) is 4.79 Å². The van der Waals surface area contributed by atoms with Gasteiger partial charge in [0.25, 0.3) is 0 Å². The maximum atomic E-state index is 12.0. The van der Waals surface area contributed by atoms with Crippen molar-refractivity contribution in [3.8, 4) is 0 Å². The topological polar surface area (TPSA) is 89.9 Å². The first-order valence-electron chi connectivity index (χ1n) is 7.06. The number of likely N-dealkylation sites (tertiary alicyclic amines) is 1. The molecule has 3 N–H and O–H groups in total. The van der Waals surface area contributed by atoms with Gasteiger partial charge >= 0.3 is 12.0 Å². The Morgan fingerprint density at radius 3 is 2.62 bits per heavy atom. The van der Waals surface area contributed by atoms with E-state index in [1.165, 1.54) is 4.90 Å². The normalized spacial score (nSPS) is 19.3. The fraction of sp³-hybridized carbons (Fsp3) is 0.467. The molecule has 0 bridgehead atoms. The Bertz CT molecular complexity index is 492. The molecule has 2 atom stereocenters. The maximum absolute atomic E-state index is 12.0. The number of hydrogen-bond acceptors (Lipinski definition) is 3. The van der Waals surface area contributed by atoms with Crippen LogP contribution in [0.25, 0.3) is 0 Å². The molecular weight excluding hydrogens is 272 g/mol. The highest BCUT2D eigenvalue weighted by molar-refractivity contribution is 5.82. The van der Waals surface area contributed by atoms with Gasteiger partial charge in [0, 0.05) is 13.1 Å². The SMILES string of the molecule is O=C(O)C(CCc1ccccc1)NC(=O)N1CCC(O)C1. The lowest BCUT2D eigenvalue weighted by Gasteiger charge is -2.20. The zero-order chi connectivity index (χ0) is 15.2. The summed E-state index contributed by atoms with van der Waals surface area (Å²) in [6.45, 7) is 0.717. The van der Waals surface area contributed by atoms with Crippen LogP contribution in [0.2, 0.25) is 0 Å². The third-order valence-electron chi connectivity index (χ3n) is 3.61. The molecule has 1 aromatic carbocycles. The summed E-state index contributed by atoms with van der Waals surface area (Å²) < 4.78 is 0. The third-order valence-corrected chi connectivity index (χ3v) is 3.61. The number of nitrogens with zero attached hydrogens (tertiary/aromatic N) is 1. The summed E-state index contributed by atoms with van der Waals surface area (Å²) in [6.07, 6.45) is 0.945. The number of aliphatic carboxylic acids is 1. The van der Waals surface area contributed by atoms with Crippen molar-refractivity contribution >= 4 is 12.0 Å². The van der Waals surface area contributed by atoms with Crippen LogP contribution in [0, 0.1) is 0 Å². The van der Waals surface area contributed by atoms with Crippen LogP contribution in [0.5, 0.6) is 0 Å². The Balaban J connectivity index is 1.87. The average molecular weight is 292 g/mol. The zero-order valence-corrected chi connectivity index (χ0v) is 11.7. The van der Waals surface area contributed by atoms with Crippen molar-refractivity contribution in [1.29, 1.82) is 0 Å². The standard InChI is InChI=1S/C15H20N2O4/c18-12-8-9-17(10-12)15(21)16-13(14(19)20)7-6-11-4-2-1-3-5-11/h1-5,12-13,18H,6-10H2,(H,16,21)(H,19,20). The number of aliphatic hydroxyl groups excluding tert-OH is 1. The Labute approximate surface area is 123 Å². The Hall–Kier alpha value is -2.08. The molecule has 1 aliphatic rings. The number of nitrogens with one attached hydrogen (secondary N) is 1. The predicted molar refractivity (Wildman–Crippen MR) is 76.9 cm³/mol. The smallest absolute Gasteiger partial charge is 0.326 e. The summed E-state index contributed by atoms with van der Waals surface area (Å²) in [6, 6.07) is 8.21. The van der Waals surface area contributed by atoms with Gasteiger partial charge in [-0.15, -0.1) is 0 Å². The van der Waals surface area contributed by atoms with E-state index in [1.807, 2.05) is 30.3 Å². The molecule has 6 nitrogen and oxygen atoms in total. The van der Waals surface area contributed by atoms with Gasteiger partial charge in [-0.1, -0.05) is 30.3 Å². The number of carbonyl (C=O) groups is 2. The predicted octanol–water partition coefficient (Wildman–Crippen LogP) is 0.849. The maximum Gasteiger partial charge on any atom is 0.326 e. The second-order valence-corrected chi connectivity index (χ2v) is 5.25. The van der Waals surface area contributed by atoms with Crippen molar-refractivity contribution in [2.75, 3.05) is 13.1 Å². The van der Waals surface area contributed by atoms with Crippen LogP contribution in [0.15, 0.2) is 30.3 Å². The monoisotopic (exact) mass is 292 g/mol. The molecule has 1 aliphatic heterocycles. The number of benzene rings is 1. The van der Waals surface area contributed by atoms with E-state index in [9.17, 15) is 19.8 Å². The highest BCUT2D eigenvalue weighted by atomic mass is 16.4. The second kappa shape index (κ2) is 7.08. The number of aryl methyl sites for hydroxylation is 1. The van der Waals surface area contributed by atoms with Crippen molar-refractivity contribution in [2.45, 2.75) is 31.4 Å². The van der Waals surface area contributed by atoms with Gasteiger partial charge in [0.05, 0.1) is 6.10 Å². The number of hydrogen-bond donors (Lipinski definition) is 3. The van der Waals surface area contributed by atoms with Gasteiger partial charge < -0.3 is 20.4 Å². The molecule has 2 amide bonds. The lowest BCUT2D eigenvalue weighted by atomic mass is 10.1. The molecule has 0 spiro atoms. The van der Waals surface area contributed by atoms with E-state index < -0.39 is 24.1 Å². The van der Waals surface area contributed by atoms with Crippen molar-refractivity contribution in [3.63, 3.8) is 0 Å². The number of urea groups is 1. The molecule has 0 aliphatic carbocycles. The van der Waals surface area contributed by atoms with Gasteiger partial charge in [-0.25, -0.2) is 9.59 Å². The fourth-order valence-electron chi connectivity index (χ4n) is 2.38. The second-order valence-electron chi connectivity index (χ2n) is 5.25. The molecule has 6 heteroatoms. The van der Waals surface area contributed by atoms with E-state index in [4.69, 9.17) is 0 Å². The van der Waals surface area contributed by atoms with Crippen molar-refractivity contribution in [2.24, 2.45) is 0 Å². The molecule has 0 saturated carbocycles. The summed E-state index contributed by atoms with van der Waals surface area (Å²) in [7, 11) is 0. The van der Waals surface area contributed by atoms with Crippen molar-refractivity contribution in [1.82, 2.24) is 10.2 Å². The Morgan fingerprint density at radius 1 is 1.33 bits per heavy atom. The van der Waals surface area contributed by atoms with Crippen LogP contribution in [0.1, 0.15) is 18.4 Å². The lowest BCUT2D eigenvalue weighted by molar-refractivity contribution is -0.139. The minimum atomic E-state index is -1.04. The third kappa shape index (κ3) is 4.46. The minimum absolute atomic E-state index is 0.261. The zero-order valence-electron chi connectivity index (χ0n) is 11.7. The largest absolute Gasteiger partial charge is 0.480 e. The van der Waals surface area contributed by atoms with Crippen molar-refractivity contribution in [3.05, 3.63) is 35.9 Å². The molecule has 1 fully saturated rings. The molecule has 21 heavy (non-hydrogen) atoms. The molecule has 0 aromatic heterocycles. The summed E-state index contributed by atoms with van der Waals surface area (Å²) in [5, 5.41) is 21.1. The number of carbonyl (C=O) groups excluding carboxylic acids is 1. The van der Waals surface area contributed by atoms with Crippen molar-refractivity contribution < 1.29 is 19.8 Å². The van der Waals surface area contributed by atoms with Gasteiger partial charge in [-0.2, -0.15) is 0 Å². The average Bonchev–Trinajstić information content (AvgIpc) is 2.90. The first-order chi connectivity index (χ1) is 10.1. The fourth-order valence-corrected chi connectivity index (χ4v) is 2.38. The van der Waals surface area contributed by atoms with Crippen LogP contribution in [-0.4, -0.2) is 52.3 Å². The molecule has 1 heterocycles.